The number of nitrogens with one attached hydrogen (secondary N) is 1. The summed E-state index contributed by atoms with van der Waals surface area (Å²) in [5.74, 6) is -0.290. The Morgan fingerprint density at radius 2 is 1.62 bits per heavy atom. The number of likely N-dealkylation sites (tertiary alicyclic amines) is 1. The maximum absolute atomic E-state index is 13.0. The van der Waals surface area contributed by atoms with E-state index in [-0.39, 0.29) is 17.5 Å². The molecule has 1 saturated heterocycles. The molecule has 1 heterocycles. The lowest BCUT2D eigenvalue weighted by Gasteiger charge is -2.33. The number of amides is 1. The van der Waals surface area contributed by atoms with E-state index in [2.05, 4.69) is 5.32 Å². The molecule has 0 unspecified atom stereocenters. The van der Waals surface area contributed by atoms with Gasteiger partial charge in [0.25, 0.3) is 0 Å². The minimum Gasteiger partial charge on any atom is -0.324 e. The van der Waals surface area contributed by atoms with Crippen molar-refractivity contribution in [1.29, 1.82) is 0 Å². The number of piperidine rings is 1. The lowest BCUT2D eigenvalue weighted by Crippen LogP contribution is -2.42. The standard InChI is InChI=1S/C19H19FN2O2/c20-15-6-8-16(9-7-15)21-19(24)18(14-4-2-1-3-5-14)22-12-10-17(23)11-13-22/h1-9,18H,10-13H2,(H,21,24)/t18-/m0/s1. The number of hydrogen-bond donors (Lipinski definition) is 1. The van der Waals surface area contributed by atoms with E-state index in [1.807, 2.05) is 35.2 Å². The molecule has 4 nitrogen and oxygen atoms in total. The van der Waals surface area contributed by atoms with Crippen LogP contribution in [0.5, 0.6) is 0 Å². The highest BCUT2D eigenvalue weighted by Gasteiger charge is 2.30. The zero-order valence-corrected chi connectivity index (χ0v) is 13.2. The van der Waals surface area contributed by atoms with Crippen LogP contribution in [0.4, 0.5) is 10.1 Å². The molecule has 1 aliphatic heterocycles. The molecular formula is C19H19FN2O2. The van der Waals surface area contributed by atoms with Gasteiger partial charge in [0.15, 0.2) is 0 Å². The Morgan fingerprint density at radius 3 is 2.25 bits per heavy atom. The van der Waals surface area contributed by atoms with Gasteiger partial charge in [0.05, 0.1) is 0 Å². The molecule has 1 fully saturated rings. The van der Waals surface area contributed by atoms with Crippen LogP contribution in [0.15, 0.2) is 54.6 Å². The van der Waals surface area contributed by atoms with Crippen molar-refractivity contribution in [3.05, 3.63) is 66.0 Å². The molecule has 0 aliphatic carbocycles. The number of nitrogens with zero attached hydrogens (tertiary/aromatic N) is 1. The maximum Gasteiger partial charge on any atom is 0.246 e. The Bertz CT molecular complexity index is 706. The summed E-state index contributed by atoms with van der Waals surface area (Å²) in [7, 11) is 0. The average Bonchev–Trinajstić information content (AvgIpc) is 2.60. The van der Waals surface area contributed by atoms with E-state index in [4.69, 9.17) is 0 Å². The fourth-order valence-electron chi connectivity index (χ4n) is 2.94. The predicted octanol–water partition coefficient (Wildman–Crippen LogP) is 3.17. The highest BCUT2D eigenvalue weighted by molar-refractivity contribution is 5.95. The Morgan fingerprint density at radius 1 is 1.00 bits per heavy atom. The first-order valence-corrected chi connectivity index (χ1v) is 8.00. The molecular weight excluding hydrogens is 307 g/mol. The van der Waals surface area contributed by atoms with Crippen LogP contribution < -0.4 is 5.32 Å². The van der Waals surface area contributed by atoms with E-state index in [0.717, 1.165) is 5.56 Å². The van der Waals surface area contributed by atoms with Crippen molar-refractivity contribution in [1.82, 2.24) is 4.90 Å². The fraction of sp³-hybridized carbons (Fsp3) is 0.263. The number of carbonyl (C=O) groups excluding carboxylic acids is 2. The monoisotopic (exact) mass is 326 g/mol. The van der Waals surface area contributed by atoms with Crippen LogP contribution in [-0.4, -0.2) is 29.7 Å². The summed E-state index contributed by atoms with van der Waals surface area (Å²) in [6, 6.07) is 14.7. The number of anilines is 1. The first-order chi connectivity index (χ1) is 11.6. The molecule has 0 radical (unpaired) electrons. The van der Waals surface area contributed by atoms with Gasteiger partial charge >= 0.3 is 0 Å². The predicted molar refractivity (Wildman–Crippen MR) is 90.0 cm³/mol. The number of hydrogen-bond acceptors (Lipinski definition) is 3. The maximum atomic E-state index is 13.0. The van der Waals surface area contributed by atoms with Gasteiger partial charge in [-0.25, -0.2) is 4.39 Å². The summed E-state index contributed by atoms with van der Waals surface area (Å²) in [5, 5.41) is 2.84. The van der Waals surface area contributed by atoms with Crippen LogP contribution in [-0.2, 0) is 9.59 Å². The van der Waals surface area contributed by atoms with E-state index in [1.165, 1.54) is 24.3 Å². The number of Topliss-reactive ketones (excluding diaryl/α,β-unsaturated/α-hetero) is 1. The van der Waals surface area contributed by atoms with Crippen molar-refractivity contribution in [3.8, 4) is 0 Å². The second-order valence-electron chi connectivity index (χ2n) is 5.88. The largest absolute Gasteiger partial charge is 0.324 e. The van der Waals surface area contributed by atoms with Crippen molar-refractivity contribution in [2.45, 2.75) is 18.9 Å². The van der Waals surface area contributed by atoms with Crippen LogP contribution in [0.3, 0.4) is 0 Å². The van der Waals surface area contributed by atoms with E-state index in [0.29, 0.717) is 31.6 Å². The van der Waals surface area contributed by atoms with Gasteiger partial charge in [-0.05, 0) is 29.8 Å². The van der Waals surface area contributed by atoms with Crippen molar-refractivity contribution in [3.63, 3.8) is 0 Å². The molecule has 24 heavy (non-hydrogen) atoms. The van der Waals surface area contributed by atoms with Crippen LogP contribution in [0.2, 0.25) is 0 Å². The molecule has 124 valence electrons. The third-order valence-electron chi connectivity index (χ3n) is 4.20. The third kappa shape index (κ3) is 3.86. The summed E-state index contributed by atoms with van der Waals surface area (Å²) in [4.78, 5) is 26.4. The Balaban J connectivity index is 1.82. The van der Waals surface area contributed by atoms with Crippen LogP contribution in [0.25, 0.3) is 0 Å². The molecule has 0 saturated carbocycles. The Hall–Kier alpha value is -2.53. The van der Waals surface area contributed by atoms with Crippen molar-refractivity contribution >= 4 is 17.4 Å². The minimum absolute atomic E-state index is 0.179. The summed E-state index contributed by atoms with van der Waals surface area (Å²) < 4.78 is 13.0. The molecule has 0 bridgehead atoms. The molecule has 1 amide bonds. The Kier molecular flexibility index (Phi) is 5.01. The first kappa shape index (κ1) is 16.3. The zero-order valence-electron chi connectivity index (χ0n) is 13.2. The summed E-state index contributed by atoms with van der Waals surface area (Å²) in [6.45, 7) is 1.13. The lowest BCUT2D eigenvalue weighted by atomic mass is 10.0. The van der Waals surface area contributed by atoms with Gasteiger partial charge in [-0.3, -0.25) is 14.5 Å². The minimum atomic E-state index is -0.468. The molecule has 5 heteroatoms. The number of rotatable bonds is 4. The highest BCUT2D eigenvalue weighted by Crippen LogP contribution is 2.25. The van der Waals surface area contributed by atoms with Crippen LogP contribution >= 0.6 is 0 Å². The van der Waals surface area contributed by atoms with Crippen molar-refractivity contribution in [2.24, 2.45) is 0 Å². The summed E-state index contributed by atoms with van der Waals surface area (Å²) in [6.07, 6.45) is 0.931. The van der Waals surface area contributed by atoms with E-state index in [1.54, 1.807) is 0 Å². The van der Waals surface area contributed by atoms with Gasteiger partial charge in [0, 0.05) is 31.6 Å². The van der Waals surface area contributed by atoms with Crippen LogP contribution in [0.1, 0.15) is 24.4 Å². The second-order valence-corrected chi connectivity index (χ2v) is 5.88. The number of ketones is 1. The Labute approximate surface area is 140 Å². The molecule has 0 aromatic heterocycles. The molecule has 1 N–H and O–H groups in total. The molecule has 2 aromatic carbocycles. The smallest absolute Gasteiger partial charge is 0.246 e. The number of carbonyl (C=O) groups is 2. The van der Waals surface area contributed by atoms with Crippen molar-refractivity contribution < 1.29 is 14.0 Å². The SMILES string of the molecule is O=C1CCN([C@H](C(=O)Nc2ccc(F)cc2)c2ccccc2)CC1. The quantitative estimate of drug-likeness (QED) is 0.939. The van der Waals surface area contributed by atoms with Gasteiger partial charge in [-0.2, -0.15) is 0 Å². The lowest BCUT2D eigenvalue weighted by molar-refractivity contribution is -0.127. The van der Waals surface area contributed by atoms with Crippen LogP contribution in [0, 0.1) is 5.82 Å². The summed E-state index contributed by atoms with van der Waals surface area (Å²) in [5.41, 5.74) is 1.43. The molecule has 0 spiro atoms. The average molecular weight is 326 g/mol. The summed E-state index contributed by atoms with van der Waals surface area (Å²) >= 11 is 0. The van der Waals surface area contributed by atoms with Gasteiger partial charge in [0.1, 0.15) is 17.6 Å². The highest BCUT2D eigenvalue weighted by atomic mass is 19.1. The fourth-order valence-corrected chi connectivity index (χ4v) is 2.94. The van der Waals surface area contributed by atoms with Gasteiger partial charge in [-0.1, -0.05) is 30.3 Å². The van der Waals surface area contributed by atoms with E-state index < -0.39 is 6.04 Å². The first-order valence-electron chi connectivity index (χ1n) is 8.00. The topological polar surface area (TPSA) is 49.4 Å². The van der Waals surface area contributed by atoms with Gasteiger partial charge in [-0.15, -0.1) is 0 Å². The number of halogens is 1. The second kappa shape index (κ2) is 7.36. The molecule has 1 atom stereocenters. The number of benzene rings is 2. The van der Waals surface area contributed by atoms with E-state index >= 15 is 0 Å². The molecule has 2 aromatic rings. The van der Waals surface area contributed by atoms with Gasteiger partial charge in [0.2, 0.25) is 5.91 Å². The van der Waals surface area contributed by atoms with E-state index in [9.17, 15) is 14.0 Å². The van der Waals surface area contributed by atoms with Gasteiger partial charge < -0.3 is 5.32 Å². The normalized spacial score (nSPS) is 16.6. The van der Waals surface area contributed by atoms with Crippen molar-refractivity contribution in [2.75, 3.05) is 18.4 Å². The zero-order chi connectivity index (χ0) is 16.9. The third-order valence-corrected chi connectivity index (χ3v) is 4.20. The molecule has 1 aliphatic rings. The molecule has 3 rings (SSSR count).